The molecular formula is C19H20N2O3. The summed E-state index contributed by atoms with van der Waals surface area (Å²) in [5.74, 6) is -0.351. The fraction of sp³-hybridized carbons (Fsp3) is 0.316. The second-order valence-corrected chi connectivity index (χ2v) is 5.92. The lowest BCUT2D eigenvalue weighted by atomic mass is 9.83. The van der Waals surface area contributed by atoms with Crippen LogP contribution in [0.3, 0.4) is 0 Å². The lowest BCUT2D eigenvalue weighted by Gasteiger charge is -2.25. The monoisotopic (exact) mass is 324 g/mol. The van der Waals surface area contributed by atoms with E-state index >= 15 is 0 Å². The molecule has 0 spiro atoms. The van der Waals surface area contributed by atoms with Crippen LogP contribution < -0.4 is 5.32 Å². The van der Waals surface area contributed by atoms with Crippen molar-refractivity contribution in [2.75, 3.05) is 13.7 Å². The molecule has 0 radical (unpaired) electrons. The van der Waals surface area contributed by atoms with E-state index in [4.69, 9.17) is 0 Å². The molecule has 3 rings (SSSR count). The van der Waals surface area contributed by atoms with Gasteiger partial charge in [-0.1, -0.05) is 24.3 Å². The lowest BCUT2D eigenvalue weighted by molar-refractivity contribution is 0.0599. The number of carbonyl (C=O) groups excluding carboxylic acids is 2. The minimum absolute atomic E-state index is 0.227. The molecule has 1 aliphatic rings. The van der Waals surface area contributed by atoms with Gasteiger partial charge in [0.1, 0.15) is 5.69 Å². The molecule has 2 aromatic rings. The van der Waals surface area contributed by atoms with Gasteiger partial charge in [0.05, 0.1) is 12.7 Å². The summed E-state index contributed by atoms with van der Waals surface area (Å²) >= 11 is 0. The van der Waals surface area contributed by atoms with Crippen molar-refractivity contribution in [2.24, 2.45) is 0 Å². The number of nitrogens with zero attached hydrogens (tertiary/aromatic N) is 1. The van der Waals surface area contributed by atoms with E-state index < -0.39 is 5.97 Å². The smallest absolute Gasteiger partial charge is 0.339 e. The molecule has 0 saturated carbocycles. The van der Waals surface area contributed by atoms with Gasteiger partial charge >= 0.3 is 5.97 Å². The Morgan fingerprint density at radius 3 is 2.83 bits per heavy atom. The number of methoxy groups -OCH3 is 1. The molecule has 1 atom stereocenters. The standard InChI is InChI=1S/C19H20N2O3/c1-24-19(23)15-9-10-17(20-12-15)18(22)21-11-14-7-4-6-13-5-2-3-8-16(13)14/h2-3,5,8-10,12,14H,4,6-7,11H2,1H3,(H,21,22). The Bertz CT molecular complexity index is 741. The van der Waals surface area contributed by atoms with Crippen LogP contribution in [0.15, 0.2) is 42.6 Å². The zero-order chi connectivity index (χ0) is 16.9. The summed E-state index contributed by atoms with van der Waals surface area (Å²) in [6.45, 7) is 0.594. The van der Waals surface area contributed by atoms with Gasteiger partial charge in [-0.15, -0.1) is 0 Å². The zero-order valence-corrected chi connectivity index (χ0v) is 13.6. The third kappa shape index (κ3) is 3.45. The maximum absolute atomic E-state index is 12.3. The van der Waals surface area contributed by atoms with Crippen LogP contribution in [0.1, 0.15) is 50.7 Å². The first-order chi connectivity index (χ1) is 11.7. The highest BCUT2D eigenvalue weighted by molar-refractivity contribution is 5.94. The Kier molecular flexibility index (Phi) is 4.89. The SMILES string of the molecule is COC(=O)c1ccc(C(=O)NCC2CCCc3ccccc32)nc1. The lowest BCUT2D eigenvalue weighted by Crippen LogP contribution is -2.30. The summed E-state index contributed by atoms with van der Waals surface area (Å²) in [5, 5.41) is 2.95. The molecule has 1 N–H and O–H groups in total. The molecule has 0 aliphatic heterocycles. The van der Waals surface area contributed by atoms with Gasteiger partial charge in [0.15, 0.2) is 0 Å². The van der Waals surface area contributed by atoms with E-state index in [0.29, 0.717) is 23.7 Å². The molecule has 1 heterocycles. The maximum Gasteiger partial charge on any atom is 0.339 e. The number of hydrogen-bond donors (Lipinski definition) is 1. The van der Waals surface area contributed by atoms with Crippen LogP contribution in [-0.2, 0) is 11.2 Å². The summed E-state index contributed by atoms with van der Waals surface area (Å²) in [5.41, 5.74) is 3.34. The number of rotatable bonds is 4. The minimum Gasteiger partial charge on any atom is -0.465 e. The fourth-order valence-corrected chi connectivity index (χ4v) is 3.14. The molecule has 1 unspecified atom stereocenters. The molecule has 0 fully saturated rings. The van der Waals surface area contributed by atoms with Gasteiger partial charge in [-0.2, -0.15) is 0 Å². The highest BCUT2D eigenvalue weighted by atomic mass is 16.5. The number of nitrogens with one attached hydrogen (secondary N) is 1. The van der Waals surface area contributed by atoms with Gasteiger partial charge < -0.3 is 10.1 Å². The normalized spacial score (nSPS) is 16.1. The molecule has 1 aromatic carbocycles. The maximum atomic E-state index is 12.3. The second kappa shape index (κ2) is 7.25. The number of ether oxygens (including phenoxy) is 1. The predicted molar refractivity (Wildman–Crippen MR) is 90.0 cm³/mol. The second-order valence-electron chi connectivity index (χ2n) is 5.92. The Labute approximate surface area is 141 Å². The molecule has 1 aromatic heterocycles. The summed E-state index contributed by atoms with van der Waals surface area (Å²) in [7, 11) is 1.31. The average molecular weight is 324 g/mol. The van der Waals surface area contributed by atoms with Gasteiger partial charge in [-0.05, 0) is 42.5 Å². The van der Waals surface area contributed by atoms with E-state index in [1.165, 1.54) is 30.5 Å². The van der Waals surface area contributed by atoms with Crippen molar-refractivity contribution in [3.05, 3.63) is 65.0 Å². The van der Waals surface area contributed by atoms with E-state index in [1.54, 1.807) is 6.07 Å². The van der Waals surface area contributed by atoms with Gasteiger partial charge in [0.2, 0.25) is 0 Å². The molecule has 5 heteroatoms. The van der Waals surface area contributed by atoms with Crippen molar-refractivity contribution >= 4 is 11.9 Å². The quantitative estimate of drug-likeness (QED) is 0.878. The number of carbonyl (C=O) groups is 2. The molecule has 5 nitrogen and oxygen atoms in total. The summed E-state index contributed by atoms with van der Waals surface area (Å²) in [6, 6.07) is 11.5. The molecular weight excluding hydrogens is 304 g/mol. The van der Waals surface area contributed by atoms with Crippen molar-refractivity contribution in [1.82, 2.24) is 10.3 Å². The molecule has 0 bridgehead atoms. The van der Waals surface area contributed by atoms with Crippen LogP contribution in [0.2, 0.25) is 0 Å². The third-order valence-corrected chi connectivity index (χ3v) is 4.42. The van der Waals surface area contributed by atoms with Crippen molar-refractivity contribution in [1.29, 1.82) is 0 Å². The van der Waals surface area contributed by atoms with Crippen LogP contribution >= 0.6 is 0 Å². The van der Waals surface area contributed by atoms with Gasteiger partial charge in [-0.3, -0.25) is 9.78 Å². The molecule has 1 amide bonds. The number of fused-ring (bicyclic) bond motifs is 1. The summed E-state index contributed by atoms with van der Waals surface area (Å²) < 4.78 is 4.62. The average Bonchev–Trinajstić information content (AvgIpc) is 2.65. The zero-order valence-electron chi connectivity index (χ0n) is 13.6. The number of aryl methyl sites for hydroxylation is 1. The van der Waals surface area contributed by atoms with Crippen LogP contribution in [0.4, 0.5) is 0 Å². The highest BCUT2D eigenvalue weighted by Gasteiger charge is 2.20. The number of benzene rings is 1. The molecule has 24 heavy (non-hydrogen) atoms. The molecule has 0 saturated heterocycles. The van der Waals surface area contributed by atoms with E-state index in [1.807, 2.05) is 6.07 Å². The fourth-order valence-electron chi connectivity index (χ4n) is 3.14. The first kappa shape index (κ1) is 16.2. The Hall–Kier alpha value is -2.69. The van der Waals surface area contributed by atoms with Gasteiger partial charge in [-0.25, -0.2) is 4.79 Å². The number of aromatic nitrogens is 1. The van der Waals surface area contributed by atoms with E-state index in [-0.39, 0.29) is 5.91 Å². The first-order valence-corrected chi connectivity index (χ1v) is 8.09. The summed E-state index contributed by atoms with van der Waals surface area (Å²) in [4.78, 5) is 27.7. The van der Waals surface area contributed by atoms with E-state index in [0.717, 1.165) is 19.3 Å². The van der Waals surface area contributed by atoms with Gasteiger partial charge in [0, 0.05) is 18.7 Å². The predicted octanol–water partition coefficient (Wildman–Crippen LogP) is 2.72. The Balaban J connectivity index is 1.63. The van der Waals surface area contributed by atoms with Crippen molar-refractivity contribution in [3.8, 4) is 0 Å². The number of pyridine rings is 1. The molecule has 124 valence electrons. The Morgan fingerprint density at radius 2 is 2.08 bits per heavy atom. The van der Waals surface area contributed by atoms with E-state index in [9.17, 15) is 9.59 Å². The van der Waals surface area contributed by atoms with Crippen LogP contribution in [-0.4, -0.2) is 30.5 Å². The number of esters is 1. The molecule has 1 aliphatic carbocycles. The highest BCUT2D eigenvalue weighted by Crippen LogP contribution is 2.30. The van der Waals surface area contributed by atoms with Crippen molar-refractivity contribution in [2.45, 2.75) is 25.2 Å². The van der Waals surface area contributed by atoms with Crippen LogP contribution in [0.5, 0.6) is 0 Å². The summed E-state index contributed by atoms with van der Waals surface area (Å²) in [6.07, 6.45) is 4.68. The van der Waals surface area contributed by atoms with Crippen molar-refractivity contribution < 1.29 is 14.3 Å². The van der Waals surface area contributed by atoms with Crippen molar-refractivity contribution in [3.63, 3.8) is 0 Å². The third-order valence-electron chi connectivity index (χ3n) is 4.42. The Morgan fingerprint density at radius 1 is 1.25 bits per heavy atom. The largest absolute Gasteiger partial charge is 0.465 e. The van der Waals surface area contributed by atoms with E-state index in [2.05, 4.69) is 33.2 Å². The number of hydrogen-bond acceptors (Lipinski definition) is 4. The number of amides is 1. The minimum atomic E-state index is -0.465. The first-order valence-electron chi connectivity index (χ1n) is 8.09. The van der Waals surface area contributed by atoms with Crippen LogP contribution in [0, 0.1) is 0 Å². The van der Waals surface area contributed by atoms with Crippen LogP contribution in [0.25, 0.3) is 0 Å². The topological polar surface area (TPSA) is 68.3 Å². The van der Waals surface area contributed by atoms with Gasteiger partial charge in [0.25, 0.3) is 5.91 Å².